The van der Waals surface area contributed by atoms with E-state index in [1.165, 1.54) is 6.92 Å². The Morgan fingerprint density at radius 3 is 2.49 bits per heavy atom. The summed E-state index contributed by atoms with van der Waals surface area (Å²) in [7, 11) is 0. The molecule has 0 saturated carbocycles. The molecule has 37 heavy (non-hydrogen) atoms. The van der Waals surface area contributed by atoms with Gasteiger partial charge in [0.1, 0.15) is 18.3 Å². The highest BCUT2D eigenvalue weighted by Gasteiger charge is 2.40. The fourth-order valence-corrected chi connectivity index (χ4v) is 4.63. The Morgan fingerprint density at radius 2 is 1.78 bits per heavy atom. The smallest absolute Gasteiger partial charge is 0.342 e. The van der Waals surface area contributed by atoms with Gasteiger partial charge in [-0.3, -0.25) is 9.59 Å². The lowest BCUT2D eigenvalue weighted by Gasteiger charge is -2.31. The van der Waals surface area contributed by atoms with Crippen molar-refractivity contribution in [3.05, 3.63) is 76.8 Å². The van der Waals surface area contributed by atoms with Crippen molar-refractivity contribution in [2.75, 3.05) is 11.4 Å². The minimum absolute atomic E-state index is 0.279. The fourth-order valence-electron chi connectivity index (χ4n) is 4.45. The maximum atomic E-state index is 13.9. The number of fused-ring (bicyclic) bond motifs is 2. The second-order valence-corrected chi connectivity index (χ2v) is 10.9. The second kappa shape index (κ2) is 10.6. The molecule has 1 aliphatic rings. The van der Waals surface area contributed by atoms with Gasteiger partial charge in [-0.05, 0) is 46.9 Å². The summed E-state index contributed by atoms with van der Waals surface area (Å²) >= 11 is 6.43. The number of ether oxygens (including phenoxy) is 2. The van der Waals surface area contributed by atoms with Crippen LogP contribution in [0.15, 0.2) is 60.7 Å². The van der Waals surface area contributed by atoms with Gasteiger partial charge in [-0.15, -0.1) is 0 Å². The number of aliphatic hydroxyl groups excluding tert-OH is 1. The molecule has 3 aromatic carbocycles. The van der Waals surface area contributed by atoms with E-state index in [0.29, 0.717) is 22.8 Å². The number of carbonyl (C=O) groups is 3. The number of amides is 1. The Kier molecular flexibility index (Phi) is 7.69. The first-order chi connectivity index (χ1) is 17.4. The zero-order chi connectivity index (χ0) is 26.9. The van der Waals surface area contributed by atoms with Crippen LogP contribution in [-0.4, -0.2) is 41.7 Å². The minimum Gasteiger partial charge on any atom is -0.391 e. The van der Waals surface area contributed by atoms with Crippen molar-refractivity contribution in [3.63, 3.8) is 0 Å². The summed E-state index contributed by atoms with van der Waals surface area (Å²) in [6, 6.07) is 19.0. The van der Waals surface area contributed by atoms with E-state index in [1.54, 1.807) is 23.1 Å². The van der Waals surface area contributed by atoms with E-state index >= 15 is 0 Å². The van der Waals surface area contributed by atoms with Crippen LogP contribution >= 0.6 is 11.6 Å². The van der Waals surface area contributed by atoms with Crippen LogP contribution in [0.3, 0.4) is 0 Å². The molecule has 1 heterocycles. The van der Waals surface area contributed by atoms with Crippen molar-refractivity contribution in [2.45, 2.75) is 52.4 Å². The summed E-state index contributed by atoms with van der Waals surface area (Å²) in [5, 5.41) is 11.8. The van der Waals surface area contributed by atoms with E-state index in [9.17, 15) is 19.5 Å². The molecular formula is C29H30ClNO6. The molecule has 1 aliphatic heterocycles. The third-order valence-electron chi connectivity index (χ3n) is 6.05. The summed E-state index contributed by atoms with van der Waals surface area (Å²) in [5.41, 5.74) is 1.86. The molecule has 4 rings (SSSR count). The Labute approximate surface area is 220 Å². The molecule has 8 heteroatoms. The summed E-state index contributed by atoms with van der Waals surface area (Å²) < 4.78 is 11.2. The van der Waals surface area contributed by atoms with Crippen LogP contribution in [0.4, 0.5) is 5.69 Å². The Morgan fingerprint density at radius 1 is 1.08 bits per heavy atom. The zero-order valence-electron chi connectivity index (χ0n) is 21.2. The number of esters is 2. The lowest BCUT2D eigenvalue weighted by atomic mass is 9.93. The second-order valence-electron chi connectivity index (χ2n) is 10.4. The molecule has 0 saturated heterocycles. The number of hydrogen-bond donors (Lipinski definition) is 1. The standard InChI is InChI=1S/C29H30ClNO6/c1-17(32)28(35)37-25(33)15-24-27(34)31(16-29(2,3)4)23-13-12-19(30)14-22(23)26(36-24)21-11-7-9-18-8-5-6-10-20(18)21/h5-14,17,24,26,32H,15-16H2,1-4H3. The van der Waals surface area contributed by atoms with Gasteiger partial charge in [0.05, 0.1) is 6.42 Å². The predicted octanol–water partition coefficient (Wildman–Crippen LogP) is 5.20. The van der Waals surface area contributed by atoms with E-state index in [2.05, 4.69) is 0 Å². The first-order valence-electron chi connectivity index (χ1n) is 12.1. The van der Waals surface area contributed by atoms with Gasteiger partial charge in [0.25, 0.3) is 5.91 Å². The SMILES string of the molecule is CC(O)C(=O)OC(=O)CC1OC(c2cccc3ccccc23)c2cc(Cl)ccc2N(CC(C)(C)C)C1=O. The number of halogens is 1. The van der Waals surface area contributed by atoms with Gasteiger partial charge in [-0.2, -0.15) is 0 Å². The van der Waals surface area contributed by atoms with E-state index in [1.807, 2.05) is 63.2 Å². The van der Waals surface area contributed by atoms with Gasteiger partial charge < -0.3 is 19.5 Å². The molecule has 0 aliphatic carbocycles. The van der Waals surface area contributed by atoms with Crippen LogP contribution in [0.5, 0.6) is 0 Å². The normalized spacial score (nSPS) is 18.8. The molecule has 1 amide bonds. The quantitative estimate of drug-likeness (QED) is 0.365. The lowest BCUT2D eigenvalue weighted by Crippen LogP contribution is -2.44. The summed E-state index contributed by atoms with van der Waals surface area (Å²) in [5.74, 6) is -2.47. The Bertz CT molecular complexity index is 1340. The number of carbonyl (C=O) groups excluding carboxylic acids is 3. The molecule has 0 radical (unpaired) electrons. The van der Waals surface area contributed by atoms with Gasteiger partial charge in [0, 0.05) is 22.8 Å². The molecule has 3 unspecified atom stereocenters. The minimum atomic E-state index is -1.47. The molecule has 1 N–H and O–H groups in total. The average molecular weight is 524 g/mol. The van der Waals surface area contributed by atoms with Crippen molar-refractivity contribution in [3.8, 4) is 0 Å². The average Bonchev–Trinajstić information content (AvgIpc) is 2.93. The molecule has 3 atom stereocenters. The van der Waals surface area contributed by atoms with Gasteiger partial charge in [-0.25, -0.2) is 4.79 Å². The summed E-state index contributed by atoms with van der Waals surface area (Å²) in [6.45, 7) is 7.58. The lowest BCUT2D eigenvalue weighted by molar-refractivity contribution is -0.168. The molecule has 194 valence electrons. The highest BCUT2D eigenvalue weighted by Crippen LogP contribution is 2.42. The number of hydrogen-bond acceptors (Lipinski definition) is 6. The molecule has 7 nitrogen and oxygen atoms in total. The third-order valence-corrected chi connectivity index (χ3v) is 6.29. The van der Waals surface area contributed by atoms with Crippen molar-refractivity contribution in [2.24, 2.45) is 5.41 Å². The Balaban J connectivity index is 1.86. The number of anilines is 1. The van der Waals surface area contributed by atoms with Crippen molar-refractivity contribution < 1.29 is 29.0 Å². The van der Waals surface area contributed by atoms with Crippen LogP contribution < -0.4 is 4.90 Å². The van der Waals surface area contributed by atoms with Crippen LogP contribution in [0, 0.1) is 5.41 Å². The number of nitrogens with zero attached hydrogens (tertiary/aromatic N) is 1. The van der Waals surface area contributed by atoms with Gasteiger partial charge in [-0.1, -0.05) is 74.8 Å². The predicted molar refractivity (Wildman–Crippen MR) is 141 cm³/mol. The largest absolute Gasteiger partial charge is 0.391 e. The van der Waals surface area contributed by atoms with E-state index in [4.69, 9.17) is 21.1 Å². The third kappa shape index (κ3) is 6.01. The number of rotatable bonds is 5. The Hall–Kier alpha value is -3.26. The van der Waals surface area contributed by atoms with Crippen LogP contribution in [-0.2, 0) is 23.9 Å². The van der Waals surface area contributed by atoms with Crippen LogP contribution in [0.25, 0.3) is 10.8 Å². The van der Waals surface area contributed by atoms with Gasteiger partial charge in [0.15, 0.2) is 0 Å². The number of aliphatic hydroxyl groups is 1. The fraction of sp³-hybridized carbons (Fsp3) is 0.345. The van der Waals surface area contributed by atoms with Gasteiger partial charge in [0.2, 0.25) is 0 Å². The maximum absolute atomic E-state index is 13.9. The highest BCUT2D eigenvalue weighted by molar-refractivity contribution is 6.30. The molecule has 0 bridgehead atoms. The monoisotopic (exact) mass is 523 g/mol. The summed E-state index contributed by atoms with van der Waals surface area (Å²) in [4.78, 5) is 39.9. The van der Waals surface area contributed by atoms with Crippen LogP contribution in [0.1, 0.15) is 51.3 Å². The maximum Gasteiger partial charge on any atom is 0.342 e. The molecule has 3 aromatic rings. The molecule has 0 fully saturated rings. The zero-order valence-corrected chi connectivity index (χ0v) is 22.0. The first kappa shape index (κ1) is 26.8. The first-order valence-corrected chi connectivity index (χ1v) is 12.5. The summed E-state index contributed by atoms with van der Waals surface area (Å²) in [6.07, 6.45) is -3.95. The van der Waals surface area contributed by atoms with Crippen LogP contribution in [0.2, 0.25) is 5.02 Å². The molecule has 0 aromatic heterocycles. The van der Waals surface area contributed by atoms with Crippen molar-refractivity contribution in [1.82, 2.24) is 0 Å². The van der Waals surface area contributed by atoms with Crippen molar-refractivity contribution >= 4 is 45.9 Å². The topological polar surface area (TPSA) is 93.1 Å². The van der Waals surface area contributed by atoms with Crippen molar-refractivity contribution in [1.29, 1.82) is 0 Å². The van der Waals surface area contributed by atoms with E-state index in [-0.39, 0.29) is 5.41 Å². The number of benzene rings is 3. The van der Waals surface area contributed by atoms with E-state index in [0.717, 1.165) is 16.3 Å². The van der Waals surface area contributed by atoms with Gasteiger partial charge >= 0.3 is 11.9 Å². The van der Waals surface area contributed by atoms with E-state index < -0.39 is 42.6 Å². The molecular weight excluding hydrogens is 494 g/mol. The molecule has 0 spiro atoms. The highest BCUT2D eigenvalue weighted by atomic mass is 35.5.